The van der Waals surface area contributed by atoms with E-state index in [4.69, 9.17) is 16.3 Å². The number of nitrogens with one attached hydrogen (secondary N) is 4. The third-order valence-corrected chi connectivity index (χ3v) is 17.0. The Hall–Kier alpha value is -6.15. The van der Waals surface area contributed by atoms with Crippen molar-refractivity contribution in [2.75, 3.05) is 30.3 Å². The number of rotatable bonds is 19. The number of β-amino-alcohol motifs (C(OH)–C–C–N with tert-alkyl or cyclic N) is 1. The monoisotopic (exact) mass is 1080 g/mol. The Morgan fingerprint density at radius 1 is 0.933 bits per heavy atom. The van der Waals surface area contributed by atoms with Crippen LogP contribution in [0.15, 0.2) is 77.3 Å². The van der Waals surface area contributed by atoms with Gasteiger partial charge in [0.1, 0.15) is 22.9 Å². The molecule has 5 aromatic rings. The molecule has 2 aliphatic rings. The number of halogens is 1. The molecule has 4 amide bonds. The molecule has 0 saturated carbocycles. The second kappa shape index (κ2) is 24.2. The van der Waals surface area contributed by atoms with Crippen molar-refractivity contribution >= 4 is 79.5 Å². The van der Waals surface area contributed by atoms with Gasteiger partial charge in [0.2, 0.25) is 29.6 Å². The van der Waals surface area contributed by atoms with Crippen LogP contribution in [0, 0.1) is 19.3 Å². The quantitative estimate of drug-likeness (QED) is 0.0521. The first-order chi connectivity index (χ1) is 35.5. The van der Waals surface area contributed by atoms with E-state index in [2.05, 4.69) is 36.2 Å². The highest BCUT2D eigenvalue weighted by Crippen LogP contribution is 2.39. The van der Waals surface area contributed by atoms with Gasteiger partial charge in [0, 0.05) is 45.4 Å². The lowest BCUT2D eigenvalue weighted by atomic mass is 9.85. The first-order valence-electron chi connectivity index (χ1n) is 25.5. The van der Waals surface area contributed by atoms with Gasteiger partial charge in [0.25, 0.3) is 0 Å². The van der Waals surface area contributed by atoms with E-state index in [0.29, 0.717) is 36.6 Å². The summed E-state index contributed by atoms with van der Waals surface area (Å²) in [5, 5.41) is 22.5. The summed E-state index contributed by atoms with van der Waals surface area (Å²) >= 11 is 8.09. The fourth-order valence-electron chi connectivity index (χ4n) is 9.44. The number of aliphatic hydroxyl groups excluding tert-OH is 1. The summed E-state index contributed by atoms with van der Waals surface area (Å²) in [6.45, 7) is 17.9. The van der Waals surface area contributed by atoms with Crippen LogP contribution < -0.4 is 26.0 Å². The number of thiazole rings is 1. The highest BCUT2D eigenvalue weighted by molar-refractivity contribution is 7.92. The van der Waals surface area contributed by atoms with E-state index >= 15 is 0 Å². The van der Waals surface area contributed by atoms with E-state index in [-0.39, 0.29) is 83.8 Å². The van der Waals surface area contributed by atoms with Gasteiger partial charge in [-0.3, -0.25) is 19.2 Å². The van der Waals surface area contributed by atoms with Gasteiger partial charge in [0.15, 0.2) is 15.7 Å². The molecule has 0 aliphatic carbocycles. The number of benzene rings is 3. The first-order valence-corrected chi connectivity index (χ1v) is 28.3. The first kappa shape index (κ1) is 56.6. The van der Waals surface area contributed by atoms with E-state index in [1.807, 2.05) is 95.3 Å². The number of para-hydroxylation sites is 1. The van der Waals surface area contributed by atoms with Gasteiger partial charge in [-0.15, -0.1) is 11.3 Å². The van der Waals surface area contributed by atoms with E-state index in [9.17, 15) is 32.7 Å². The van der Waals surface area contributed by atoms with Crippen LogP contribution in [0.1, 0.15) is 115 Å². The Morgan fingerprint density at radius 2 is 1.64 bits per heavy atom. The van der Waals surface area contributed by atoms with Crippen molar-refractivity contribution in [1.29, 1.82) is 0 Å². The number of hydrogen-bond acceptors (Lipinski definition) is 14. The standard InChI is InChI=1S/C55H70ClN9O8S2/c1-32(2)73-45-27-40(34(5)25-43(45)61-54-58-29-41(56)51(63-54)60-42-13-10-11-14-46(42)75(71,72)33(3)4)37-21-23-64(24-22-37)48(68)16-12-15-47(67)62-50(55(7,8)9)53(70)65-30-39(66)26-44(65)52(69)57-28-36-17-19-38(20-18-36)49-35(6)59-31-74-49/h10-11,13-14,17-20,25,27,29,31-33,37,39,44,50,66H,12,15-16,21-24,26,28,30H2,1-9H3,(H,57,69)(H,62,67)(H2,58,60,61,63)/t39-,44-,50?/m0/s1. The molecule has 2 aliphatic heterocycles. The zero-order valence-corrected chi connectivity index (χ0v) is 46.6. The summed E-state index contributed by atoms with van der Waals surface area (Å²) in [5.74, 6) is -0.0582. The van der Waals surface area contributed by atoms with Crippen molar-refractivity contribution in [3.63, 3.8) is 0 Å². The highest BCUT2D eigenvalue weighted by Gasteiger charge is 2.44. The molecule has 5 N–H and O–H groups in total. The third-order valence-electron chi connectivity index (χ3n) is 13.6. The SMILES string of the molecule is Cc1cc(Nc2ncc(Cl)c(Nc3ccccc3S(=O)(=O)C(C)C)n2)c(OC(C)C)cc1C1CCN(C(=O)CCCC(=O)NC(C(=O)N2C[C@@H](O)C[C@H]2C(=O)NCc2ccc(-c3scnc3C)cc2)C(C)(C)C)CC1. The summed E-state index contributed by atoms with van der Waals surface area (Å²) in [7, 11) is -3.61. The van der Waals surface area contributed by atoms with E-state index in [1.165, 1.54) is 11.1 Å². The second-order valence-electron chi connectivity index (χ2n) is 21.1. The molecule has 0 spiro atoms. The van der Waals surface area contributed by atoms with Crippen LogP contribution in [-0.2, 0) is 35.6 Å². The largest absolute Gasteiger partial charge is 0.489 e. The van der Waals surface area contributed by atoms with Crippen LogP contribution in [0.2, 0.25) is 5.02 Å². The number of aromatic nitrogens is 3. The molecule has 2 saturated heterocycles. The smallest absolute Gasteiger partial charge is 0.246 e. The molecule has 7 rings (SSSR count). The van der Waals surface area contributed by atoms with Crippen molar-refractivity contribution in [3.05, 3.63) is 99.8 Å². The van der Waals surface area contributed by atoms with Crippen molar-refractivity contribution in [3.8, 4) is 16.2 Å². The summed E-state index contributed by atoms with van der Waals surface area (Å²) in [6.07, 6.45) is 2.41. The number of piperidine rings is 1. The Morgan fingerprint density at radius 3 is 2.29 bits per heavy atom. The van der Waals surface area contributed by atoms with Crippen LogP contribution in [0.25, 0.3) is 10.4 Å². The van der Waals surface area contributed by atoms with Gasteiger partial charge in [0.05, 0.1) is 56.0 Å². The number of ether oxygens (including phenoxy) is 1. The highest BCUT2D eigenvalue weighted by atomic mass is 35.5. The van der Waals surface area contributed by atoms with Gasteiger partial charge in [-0.25, -0.2) is 18.4 Å². The van der Waals surface area contributed by atoms with Gasteiger partial charge in [-0.2, -0.15) is 4.98 Å². The zero-order chi connectivity index (χ0) is 54.4. The van der Waals surface area contributed by atoms with E-state index < -0.39 is 44.6 Å². The maximum atomic E-state index is 14.2. The maximum Gasteiger partial charge on any atom is 0.246 e. The zero-order valence-electron chi connectivity index (χ0n) is 44.2. The van der Waals surface area contributed by atoms with Crippen molar-refractivity contribution in [1.82, 2.24) is 35.4 Å². The lowest BCUT2D eigenvalue weighted by Crippen LogP contribution is -2.57. The van der Waals surface area contributed by atoms with Gasteiger partial charge in [-0.1, -0.05) is 68.8 Å². The number of amides is 4. The van der Waals surface area contributed by atoms with Gasteiger partial charge >= 0.3 is 0 Å². The van der Waals surface area contributed by atoms with Crippen LogP contribution >= 0.6 is 22.9 Å². The molecule has 2 aromatic heterocycles. The van der Waals surface area contributed by atoms with Crippen LogP contribution in [0.5, 0.6) is 5.75 Å². The molecule has 75 heavy (non-hydrogen) atoms. The molecular formula is C55H70ClN9O8S2. The average molecular weight is 1080 g/mol. The fraction of sp³-hybridized carbons (Fsp3) is 0.473. The van der Waals surface area contributed by atoms with Gasteiger partial charge < -0.3 is 40.9 Å². The second-order valence-corrected chi connectivity index (χ2v) is 24.8. The Balaban J connectivity index is 0.911. The minimum Gasteiger partial charge on any atom is -0.489 e. The minimum absolute atomic E-state index is 0.0314. The lowest BCUT2D eigenvalue weighted by Gasteiger charge is -2.35. The summed E-state index contributed by atoms with van der Waals surface area (Å²) in [6, 6.07) is 16.6. The predicted molar refractivity (Wildman–Crippen MR) is 293 cm³/mol. The Kier molecular flexibility index (Phi) is 18.3. The molecule has 20 heteroatoms. The summed E-state index contributed by atoms with van der Waals surface area (Å²) < 4.78 is 32.6. The molecule has 2 fully saturated rings. The van der Waals surface area contributed by atoms with Crippen molar-refractivity contribution < 1.29 is 37.4 Å². The molecular weight excluding hydrogens is 1010 g/mol. The third kappa shape index (κ3) is 14.0. The number of anilines is 4. The van der Waals surface area contributed by atoms with E-state index in [0.717, 1.165) is 45.7 Å². The number of carbonyl (C=O) groups is 4. The topological polar surface area (TPSA) is 225 Å². The molecule has 0 radical (unpaired) electrons. The fourth-order valence-corrected chi connectivity index (χ4v) is 11.6. The van der Waals surface area contributed by atoms with Crippen molar-refractivity contribution in [2.45, 2.75) is 148 Å². The summed E-state index contributed by atoms with van der Waals surface area (Å²) in [5.41, 5.74) is 7.05. The molecule has 0 bridgehead atoms. The molecule has 402 valence electrons. The number of likely N-dealkylation sites (tertiary alicyclic amines) is 2. The number of aryl methyl sites for hydroxylation is 2. The lowest BCUT2D eigenvalue weighted by molar-refractivity contribution is -0.144. The normalized spacial score (nSPS) is 16.8. The summed E-state index contributed by atoms with van der Waals surface area (Å²) in [4.78, 5) is 72.5. The molecule has 3 aromatic carbocycles. The van der Waals surface area contributed by atoms with Crippen LogP contribution in [0.4, 0.5) is 23.1 Å². The van der Waals surface area contributed by atoms with Crippen LogP contribution in [0.3, 0.4) is 0 Å². The average Bonchev–Trinajstić information content (AvgIpc) is 3.98. The number of sulfone groups is 1. The number of aliphatic hydroxyl groups is 1. The predicted octanol–water partition coefficient (Wildman–Crippen LogP) is 9.01. The molecule has 1 unspecified atom stereocenters. The maximum absolute atomic E-state index is 14.2. The Labute approximate surface area is 449 Å². The number of carbonyl (C=O) groups excluding carboxylic acids is 4. The molecule has 17 nitrogen and oxygen atoms in total. The van der Waals surface area contributed by atoms with Crippen molar-refractivity contribution in [2.24, 2.45) is 5.41 Å². The number of hydrogen-bond donors (Lipinski definition) is 5. The molecule has 3 atom stereocenters. The molecule has 4 heterocycles. The van der Waals surface area contributed by atoms with Crippen LogP contribution in [-0.4, -0.2) is 111 Å². The van der Waals surface area contributed by atoms with E-state index in [1.54, 1.807) is 49.4 Å². The number of nitrogens with zero attached hydrogens (tertiary/aromatic N) is 5. The minimum atomic E-state index is -3.61. The van der Waals surface area contributed by atoms with Gasteiger partial charge in [-0.05, 0) is 119 Å². The Bertz CT molecular complexity index is 2970.